The first kappa shape index (κ1) is 11.5. The molecule has 2 aromatic rings. The molecule has 4 nitrogen and oxygen atoms in total. The summed E-state index contributed by atoms with van der Waals surface area (Å²) in [6.07, 6.45) is 5.33. The Bertz CT molecular complexity index is 592. The first-order valence-electron chi connectivity index (χ1n) is 5.15. The van der Waals surface area contributed by atoms with Crippen LogP contribution in [0.2, 0.25) is 0 Å². The molecule has 0 saturated carbocycles. The van der Waals surface area contributed by atoms with Crippen molar-refractivity contribution in [2.45, 2.75) is 6.92 Å². The Labute approximate surface area is 104 Å². The van der Waals surface area contributed by atoms with E-state index < -0.39 is 0 Å². The molecule has 86 valence electrons. The van der Waals surface area contributed by atoms with Gasteiger partial charge >= 0.3 is 0 Å². The Kier molecular flexibility index (Phi) is 3.62. The van der Waals surface area contributed by atoms with Gasteiger partial charge < -0.3 is 0 Å². The number of rotatable bonds is 3. The summed E-state index contributed by atoms with van der Waals surface area (Å²) in [6, 6.07) is 10.1. The second-order valence-electron chi connectivity index (χ2n) is 3.55. The Morgan fingerprint density at radius 2 is 2.18 bits per heavy atom. The topological polar surface area (TPSA) is 46.0 Å². The van der Waals surface area contributed by atoms with Crippen molar-refractivity contribution in [2.24, 2.45) is 5.10 Å². The number of hydrogen-bond acceptors (Lipinski definition) is 3. The van der Waals surface area contributed by atoms with Crippen molar-refractivity contribution in [2.75, 3.05) is 0 Å². The van der Waals surface area contributed by atoms with E-state index in [9.17, 15) is 0 Å². The van der Waals surface area contributed by atoms with Gasteiger partial charge in [0.25, 0.3) is 0 Å². The summed E-state index contributed by atoms with van der Waals surface area (Å²) >= 11 is 4.98. The monoisotopic (exact) mass is 244 g/mol. The molecule has 0 amide bonds. The standard InChI is InChI=1S/C12H12N4S/c1-10(7-11-5-3-2-4-6-11)8-14-16-9-13-15-12(16)17/h2-9H,1H3,(H,15,17)/b10-7-,14-8+. The number of hydrogen-bond donors (Lipinski definition) is 1. The van der Waals surface area contributed by atoms with Crippen molar-refractivity contribution in [3.05, 3.63) is 52.6 Å². The molecule has 0 fully saturated rings. The lowest BCUT2D eigenvalue weighted by atomic mass is 10.1. The maximum absolute atomic E-state index is 4.98. The van der Waals surface area contributed by atoms with Gasteiger partial charge in [0.2, 0.25) is 4.77 Å². The highest BCUT2D eigenvalue weighted by Crippen LogP contribution is 2.04. The van der Waals surface area contributed by atoms with Gasteiger partial charge in [-0.2, -0.15) is 14.9 Å². The third-order valence-corrected chi connectivity index (χ3v) is 2.39. The molecule has 1 N–H and O–H groups in total. The number of allylic oxidation sites excluding steroid dienone is 1. The van der Waals surface area contributed by atoms with Crippen molar-refractivity contribution in [3.63, 3.8) is 0 Å². The summed E-state index contributed by atoms with van der Waals surface area (Å²) in [4.78, 5) is 0. The minimum atomic E-state index is 0.480. The van der Waals surface area contributed by atoms with E-state index in [1.165, 1.54) is 11.0 Å². The Hall–Kier alpha value is -2.01. The lowest BCUT2D eigenvalue weighted by Gasteiger charge is -1.94. The molecule has 0 spiro atoms. The lowest BCUT2D eigenvalue weighted by molar-refractivity contribution is 0.862. The van der Waals surface area contributed by atoms with Crippen LogP contribution in [0.1, 0.15) is 12.5 Å². The maximum atomic E-state index is 4.98. The van der Waals surface area contributed by atoms with E-state index in [1.807, 2.05) is 43.3 Å². The van der Waals surface area contributed by atoms with Gasteiger partial charge in [-0.3, -0.25) is 5.10 Å². The fourth-order valence-electron chi connectivity index (χ4n) is 1.33. The molecule has 0 saturated heterocycles. The van der Waals surface area contributed by atoms with Crippen LogP contribution in [-0.2, 0) is 0 Å². The van der Waals surface area contributed by atoms with Gasteiger partial charge in [0.05, 0.1) is 6.21 Å². The number of nitrogens with one attached hydrogen (secondary N) is 1. The molecule has 1 aromatic heterocycles. The molecule has 0 aliphatic heterocycles. The average Bonchev–Trinajstić information content (AvgIpc) is 2.74. The van der Waals surface area contributed by atoms with E-state index >= 15 is 0 Å². The first-order chi connectivity index (χ1) is 8.25. The molecule has 0 unspecified atom stereocenters. The van der Waals surface area contributed by atoms with Crippen molar-refractivity contribution in [3.8, 4) is 0 Å². The number of benzene rings is 1. The smallest absolute Gasteiger partial charge is 0.216 e. The molecule has 1 heterocycles. The fourth-order valence-corrected chi connectivity index (χ4v) is 1.47. The van der Waals surface area contributed by atoms with Gasteiger partial charge in [-0.1, -0.05) is 36.4 Å². The SMILES string of the molecule is CC(=C/c1ccccc1)/C=N/n1cn[nH]c1=S. The predicted octanol–water partition coefficient (Wildman–Crippen LogP) is 2.88. The highest BCUT2D eigenvalue weighted by molar-refractivity contribution is 7.71. The molecule has 0 bridgehead atoms. The van der Waals surface area contributed by atoms with Gasteiger partial charge in [0.1, 0.15) is 6.33 Å². The second-order valence-corrected chi connectivity index (χ2v) is 3.94. The zero-order valence-electron chi connectivity index (χ0n) is 9.37. The molecule has 0 aliphatic carbocycles. The van der Waals surface area contributed by atoms with Gasteiger partial charge in [-0.05, 0) is 30.3 Å². The van der Waals surface area contributed by atoms with Crippen molar-refractivity contribution in [1.29, 1.82) is 0 Å². The summed E-state index contributed by atoms with van der Waals surface area (Å²) in [7, 11) is 0. The predicted molar refractivity (Wildman–Crippen MR) is 71.4 cm³/mol. The number of aromatic amines is 1. The number of aromatic nitrogens is 3. The molecule has 5 heteroatoms. The van der Waals surface area contributed by atoms with Crippen LogP contribution in [-0.4, -0.2) is 21.1 Å². The molecular weight excluding hydrogens is 232 g/mol. The van der Waals surface area contributed by atoms with E-state index in [1.54, 1.807) is 6.21 Å². The van der Waals surface area contributed by atoms with E-state index in [0.29, 0.717) is 4.77 Å². The summed E-state index contributed by atoms with van der Waals surface area (Å²) < 4.78 is 1.99. The normalized spacial score (nSPS) is 12.2. The molecule has 17 heavy (non-hydrogen) atoms. The maximum Gasteiger partial charge on any atom is 0.216 e. The minimum Gasteiger partial charge on any atom is -0.250 e. The third-order valence-electron chi connectivity index (χ3n) is 2.12. The zero-order valence-corrected chi connectivity index (χ0v) is 10.2. The molecule has 0 atom stereocenters. The van der Waals surface area contributed by atoms with E-state index in [-0.39, 0.29) is 0 Å². The van der Waals surface area contributed by atoms with E-state index in [2.05, 4.69) is 15.3 Å². The summed E-state index contributed by atoms with van der Waals surface area (Å²) in [5.74, 6) is 0. The van der Waals surface area contributed by atoms with Crippen molar-refractivity contribution in [1.82, 2.24) is 14.9 Å². The van der Waals surface area contributed by atoms with Gasteiger partial charge in [0, 0.05) is 0 Å². The first-order valence-corrected chi connectivity index (χ1v) is 5.56. The Morgan fingerprint density at radius 3 is 2.82 bits per heavy atom. The quantitative estimate of drug-likeness (QED) is 0.666. The largest absolute Gasteiger partial charge is 0.250 e. The van der Waals surface area contributed by atoms with E-state index in [0.717, 1.165) is 11.1 Å². The number of nitrogens with zero attached hydrogens (tertiary/aromatic N) is 3. The van der Waals surface area contributed by atoms with Crippen LogP contribution < -0.4 is 0 Å². The van der Waals surface area contributed by atoms with Gasteiger partial charge in [-0.25, -0.2) is 0 Å². The second kappa shape index (κ2) is 5.36. The summed E-state index contributed by atoms with van der Waals surface area (Å²) in [5.41, 5.74) is 2.19. The highest BCUT2D eigenvalue weighted by Gasteiger charge is 1.90. The van der Waals surface area contributed by atoms with Crippen LogP contribution >= 0.6 is 12.2 Å². The van der Waals surface area contributed by atoms with Gasteiger partial charge in [-0.15, -0.1) is 0 Å². The highest BCUT2D eigenvalue weighted by atomic mass is 32.1. The average molecular weight is 244 g/mol. The molecule has 0 radical (unpaired) electrons. The number of H-pyrrole nitrogens is 1. The van der Waals surface area contributed by atoms with Crippen LogP contribution in [0.4, 0.5) is 0 Å². The summed E-state index contributed by atoms with van der Waals surface area (Å²) in [5, 5.41) is 10.6. The van der Waals surface area contributed by atoms with Crippen LogP contribution in [0.25, 0.3) is 6.08 Å². The van der Waals surface area contributed by atoms with Gasteiger partial charge in [0.15, 0.2) is 0 Å². The molecule has 2 rings (SSSR count). The van der Waals surface area contributed by atoms with Crippen molar-refractivity contribution < 1.29 is 0 Å². The Morgan fingerprint density at radius 1 is 1.41 bits per heavy atom. The lowest BCUT2D eigenvalue weighted by Crippen LogP contribution is -1.88. The zero-order chi connectivity index (χ0) is 12.1. The Balaban J connectivity index is 2.15. The van der Waals surface area contributed by atoms with Crippen LogP contribution in [0.3, 0.4) is 0 Å². The molecular formula is C12H12N4S. The van der Waals surface area contributed by atoms with Crippen LogP contribution in [0.5, 0.6) is 0 Å². The van der Waals surface area contributed by atoms with Crippen LogP contribution in [0.15, 0.2) is 47.3 Å². The summed E-state index contributed by atoms with van der Waals surface area (Å²) in [6.45, 7) is 1.99. The minimum absolute atomic E-state index is 0.480. The van der Waals surface area contributed by atoms with Crippen molar-refractivity contribution >= 4 is 24.5 Å². The molecule has 0 aliphatic rings. The fraction of sp³-hybridized carbons (Fsp3) is 0.0833. The van der Waals surface area contributed by atoms with E-state index in [4.69, 9.17) is 12.2 Å². The third kappa shape index (κ3) is 3.22. The molecule has 1 aromatic carbocycles. The van der Waals surface area contributed by atoms with Crippen LogP contribution in [0, 0.1) is 4.77 Å².